The molecule has 0 radical (unpaired) electrons. The Balaban J connectivity index is 3.31. The lowest BCUT2D eigenvalue weighted by Crippen LogP contribution is -2.14. The van der Waals surface area contributed by atoms with Crippen LogP contribution >= 0.6 is 0 Å². The van der Waals surface area contributed by atoms with Crippen LogP contribution < -0.4 is 5.69 Å². The molecule has 1 N–H and O–H groups in total. The van der Waals surface area contributed by atoms with Crippen LogP contribution in [0.15, 0.2) is 11.0 Å². The number of carbonyl (C=O) groups is 1. The summed E-state index contributed by atoms with van der Waals surface area (Å²) in [6.07, 6.45) is 1.29. The number of aromatic nitrogens is 2. The van der Waals surface area contributed by atoms with E-state index in [4.69, 9.17) is 0 Å². The van der Waals surface area contributed by atoms with Crippen molar-refractivity contribution in [3.8, 4) is 0 Å². The highest BCUT2D eigenvalue weighted by molar-refractivity contribution is 5.94. The predicted octanol–water partition coefficient (Wildman–Crippen LogP) is 0.281. The number of aromatic amines is 1. The monoisotopic (exact) mass is 152 g/mol. The van der Waals surface area contributed by atoms with Crippen molar-refractivity contribution in [2.45, 2.75) is 13.8 Å². The van der Waals surface area contributed by atoms with Gasteiger partial charge in [0.15, 0.2) is 5.78 Å². The van der Waals surface area contributed by atoms with Crippen molar-refractivity contribution < 1.29 is 4.79 Å². The molecule has 0 atom stereocenters. The first-order valence-corrected chi connectivity index (χ1v) is 3.18. The molecule has 0 aliphatic heterocycles. The first-order chi connectivity index (χ1) is 5.11. The fourth-order valence-electron chi connectivity index (χ4n) is 0.835. The van der Waals surface area contributed by atoms with Gasteiger partial charge in [0.1, 0.15) is 0 Å². The first kappa shape index (κ1) is 7.65. The van der Waals surface area contributed by atoms with Crippen molar-refractivity contribution >= 4 is 5.78 Å². The molecule has 0 aliphatic carbocycles. The standard InChI is InChI=1S/C7H8N2O2/c1-4-6(5(2)10)3-8-7(11)9-4/h3H,1-2H3,(H,8,9,11). The van der Waals surface area contributed by atoms with E-state index in [1.165, 1.54) is 13.1 Å². The van der Waals surface area contributed by atoms with Gasteiger partial charge >= 0.3 is 5.69 Å². The van der Waals surface area contributed by atoms with Crippen molar-refractivity contribution in [3.05, 3.63) is 27.9 Å². The predicted molar refractivity (Wildman–Crippen MR) is 39.6 cm³/mol. The molecule has 11 heavy (non-hydrogen) atoms. The summed E-state index contributed by atoms with van der Waals surface area (Å²) in [6, 6.07) is 0. The van der Waals surface area contributed by atoms with E-state index in [0.717, 1.165) is 0 Å². The summed E-state index contributed by atoms with van der Waals surface area (Å²) >= 11 is 0. The van der Waals surface area contributed by atoms with Crippen molar-refractivity contribution in [1.82, 2.24) is 9.97 Å². The van der Waals surface area contributed by atoms with Crippen molar-refractivity contribution in [2.24, 2.45) is 0 Å². The normalized spacial score (nSPS) is 9.64. The van der Waals surface area contributed by atoms with Crippen LogP contribution in [0.2, 0.25) is 0 Å². The molecule has 1 aromatic heterocycles. The number of rotatable bonds is 1. The van der Waals surface area contributed by atoms with Gasteiger partial charge in [-0.2, -0.15) is 0 Å². The molecule has 58 valence electrons. The van der Waals surface area contributed by atoms with Gasteiger partial charge in [-0.3, -0.25) is 4.79 Å². The molecule has 0 aromatic carbocycles. The van der Waals surface area contributed by atoms with Crippen molar-refractivity contribution in [1.29, 1.82) is 0 Å². The van der Waals surface area contributed by atoms with Gasteiger partial charge in [-0.25, -0.2) is 9.78 Å². The maximum absolute atomic E-state index is 10.8. The fourth-order valence-corrected chi connectivity index (χ4v) is 0.835. The SMILES string of the molecule is CC(=O)c1cnc(=O)[nH]c1C. The van der Waals surface area contributed by atoms with Gasteiger partial charge in [0.05, 0.1) is 5.56 Å². The average Bonchev–Trinajstić information content (AvgIpc) is 1.85. The highest BCUT2D eigenvalue weighted by atomic mass is 16.1. The Kier molecular flexibility index (Phi) is 1.85. The van der Waals surface area contributed by atoms with E-state index in [2.05, 4.69) is 9.97 Å². The topological polar surface area (TPSA) is 62.8 Å². The minimum atomic E-state index is -0.424. The van der Waals surface area contributed by atoms with Crippen LogP contribution in [-0.2, 0) is 0 Å². The molecule has 0 amide bonds. The Labute approximate surface area is 63.3 Å². The second kappa shape index (κ2) is 2.65. The minimum Gasteiger partial charge on any atom is -0.309 e. The second-order valence-electron chi connectivity index (χ2n) is 2.28. The summed E-state index contributed by atoms with van der Waals surface area (Å²) in [5.74, 6) is -0.0914. The Morgan fingerprint density at radius 1 is 1.64 bits per heavy atom. The van der Waals surface area contributed by atoms with Gasteiger partial charge < -0.3 is 4.98 Å². The summed E-state index contributed by atoms with van der Waals surface area (Å²) in [5, 5.41) is 0. The second-order valence-corrected chi connectivity index (χ2v) is 2.28. The summed E-state index contributed by atoms with van der Waals surface area (Å²) in [6.45, 7) is 3.10. The number of Topliss-reactive ketones (excluding diaryl/α,β-unsaturated/α-hetero) is 1. The smallest absolute Gasteiger partial charge is 0.309 e. The molecule has 1 aromatic rings. The molecule has 0 saturated carbocycles. The van der Waals surface area contributed by atoms with Crippen LogP contribution in [0.5, 0.6) is 0 Å². The summed E-state index contributed by atoms with van der Waals surface area (Å²) in [4.78, 5) is 27.3. The van der Waals surface area contributed by atoms with E-state index < -0.39 is 5.69 Å². The van der Waals surface area contributed by atoms with E-state index in [1.54, 1.807) is 6.92 Å². The Morgan fingerprint density at radius 2 is 2.27 bits per heavy atom. The van der Waals surface area contributed by atoms with Crippen LogP contribution in [-0.4, -0.2) is 15.8 Å². The number of ketones is 1. The van der Waals surface area contributed by atoms with Crippen molar-refractivity contribution in [2.75, 3.05) is 0 Å². The van der Waals surface area contributed by atoms with Crippen LogP contribution in [0, 0.1) is 6.92 Å². The zero-order valence-corrected chi connectivity index (χ0v) is 6.34. The molecule has 0 bridgehead atoms. The van der Waals surface area contributed by atoms with Gasteiger partial charge in [0.25, 0.3) is 0 Å². The highest BCUT2D eigenvalue weighted by Crippen LogP contribution is 1.99. The van der Waals surface area contributed by atoms with Crippen LogP contribution in [0.1, 0.15) is 23.0 Å². The number of hydrogen-bond donors (Lipinski definition) is 1. The molecular formula is C7H8N2O2. The molecule has 0 saturated heterocycles. The van der Waals surface area contributed by atoms with Gasteiger partial charge in [-0.05, 0) is 13.8 Å². The Bertz CT molecular complexity index is 341. The minimum absolute atomic E-state index is 0.0914. The number of carbonyl (C=O) groups excluding carboxylic acids is 1. The van der Waals surface area contributed by atoms with Gasteiger partial charge in [0, 0.05) is 11.9 Å². The van der Waals surface area contributed by atoms with E-state index in [-0.39, 0.29) is 5.78 Å². The Hall–Kier alpha value is -1.45. The zero-order valence-electron chi connectivity index (χ0n) is 6.34. The highest BCUT2D eigenvalue weighted by Gasteiger charge is 2.03. The molecular weight excluding hydrogens is 144 g/mol. The Morgan fingerprint density at radius 3 is 2.73 bits per heavy atom. The van der Waals surface area contributed by atoms with Crippen LogP contribution in [0.25, 0.3) is 0 Å². The fraction of sp³-hybridized carbons (Fsp3) is 0.286. The molecule has 0 spiro atoms. The van der Waals surface area contributed by atoms with Gasteiger partial charge in [0.2, 0.25) is 0 Å². The van der Waals surface area contributed by atoms with Crippen LogP contribution in [0.4, 0.5) is 0 Å². The number of nitrogens with zero attached hydrogens (tertiary/aromatic N) is 1. The van der Waals surface area contributed by atoms with Gasteiger partial charge in [-0.15, -0.1) is 0 Å². The quantitative estimate of drug-likeness (QED) is 0.588. The lowest BCUT2D eigenvalue weighted by molar-refractivity contribution is 0.101. The lowest BCUT2D eigenvalue weighted by atomic mass is 10.2. The third kappa shape index (κ3) is 1.52. The number of nitrogens with one attached hydrogen (secondary N) is 1. The molecule has 1 rings (SSSR count). The molecule has 4 heteroatoms. The van der Waals surface area contributed by atoms with Crippen LogP contribution in [0.3, 0.4) is 0 Å². The molecule has 0 fully saturated rings. The summed E-state index contributed by atoms with van der Waals surface area (Å²) in [7, 11) is 0. The third-order valence-corrected chi connectivity index (χ3v) is 1.39. The summed E-state index contributed by atoms with van der Waals surface area (Å²) in [5.41, 5.74) is 0.606. The zero-order chi connectivity index (χ0) is 8.43. The van der Waals surface area contributed by atoms with Gasteiger partial charge in [-0.1, -0.05) is 0 Å². The van der Waals surface area contributed by atoms with Crippen molar-refractivity contribution in [3.63, 3.8) is 0 Å². The van der Waals surface area contributed by atoms with E-state index in [1.807, 2.05) is 0 Å². The largest absolute Gasteiger partial charge is 0.345 e. The third-order valence-electron chi connectivity index (χ3n) is 1.39. The molecule has 0 unspecified atom stereocenters. The first-order valence-electron chi connectivity index (χ1n) is 3.18. The van der Waals surface area contributed by atoms with E-state index in [0.29, 0.717) is 11.3 Å². The number of hydrogen-bond acceptors (Lipinski definition) is 3. The maximum Gasteiger partial charge on any atom is 0.345 e. The lowest BCUT2D eigenvalue weighted by Gasteiger charge is -1.97. The number of H-pyrrole nitrogens is 1. The summed E-state index contributed by atoms with van der Waals surface area (Å²) < 4.78 is 0. The molecule has 0 aliphatic rings. The van der Waals surface area contributed by atoms with E-state index in [9.17, 15) is 9.59 Å². The molecule has 1 heterocycles. The molecule has 4 nitrogen and oxygen atoms in total. The van der Waals surface area contributed by atoms with E-state index >= 15 is 0 Å². The maximum atomic E-state index is 10.8. The average molecular weight is 152 g/mol. The number of aryl methyl sites for hydroxylation is 1.